The number of aliphatic hydroxyl groups is 8. The average Bonchev–Trinajstić information content (AvgIpc) is 3.20. The van der Waals surface area contributed by atoms with Gasteiger partial charge in [-0.05, 0) is 149 Å². The molecule has 0 bridgehead atoms. The zero-order chi connectivity index (χ0) is 44.9. The van der Waals surface area contributed by atoms with Crippen LogP contribution < -0.4 is 26.6 Å². The van der Waals surface area contributed by atoms with E-state index in [-0.39, 0.29) is 87.8 Å². The van der Waals surface area contributed by atoms with Crippen LogP contribution in [0, 0.1) is 21.4 Å². The smallest absolute Gasteiger partial charge is 0.255 e. The van der Waals surface area contributed by atoms with Gasteiger partial charge in [-0.15, -0.1) is 0 Å². The number of nitrogens with one attached hydrogen (secondary N) is 5. The Labute approximate surface area is 419 Å². The van der Waals surface area contributed by atoms with Gasteiger partial charge in [0.2, 0.25) is 0 Å². The van der Waals surface area contributed by atoms with Crippen molar-refractivity contribution in [2.24, 2.45) is 0 Å². The number of ketones is 1. The van der Waals surface area contributed by atoms with Crippen molar-refractivity contribution in [1.82, 2.24) is 20.9 Å². The highest BCUT2D eigenvalue weighted by molar-refractivity contribution is 14.1. The van der Waals surface area contributed by atoms with Crippen molar-refractivity contribution < 1.29 is 69.6 Å². The summed E-state index contributed by atoms with van der Waals surface area (Å²) in [6, 6.07) is 0. The van der Waals surface area contributed by atoms with Crippen molar-refractivity contribution in [2.75, 3.05) is 76.8 Å². The Balaban J connectivity index is 2.36. The molecule has 20 nitrogen and oxygen atoms in total. The molecule has 4 unspecified atom stereocenters. The van der Waals surface area contributed by atoms with Gasteiger partial charge in [0.15, 0.2) is 18.0 Å². The molecule has 26 heteroatoms. The van der Waals surface area contributed by atoms with Crippen molar-refractivity contribution in [2.45, 2.75) is 30.8 Å². The molecule has 13 N–H and O–H groups in total. The molecule has 0 aliphatic rings. The van der Waals surface area contributed by atoms with E-state index in [0.717, 1.165) is 0 Å². The minimum atomic E-state index is -1.80. The molecular weight excluding hydrogens is 1470 g/mol. The molecule has 0 saturated heterocycles. The number of nitrogens with zero attached hydrogens (tertiary/aromatic N) is 1. The minimum absolute atomic E-state index is 0.0180. The number of amides is 5. The Kier molecular flexibility index (Phi) is 24.4. The van der Waals surface area contributed by atoms with Gasteiger partial charge in [-0.1, -0.05) is 0 Å². The van der Waals surface area contributed by atoms with Crippen molar-refractivity contribution in [3.8, 4) is 0 Å². The lowest BCUT2D eigenvalue weighted by Gasteiger charge is -2.23. The molecule has 0 saturated carbocycles. The summed E-state index contributed by atoms with van der Waals surface area (Å²) in [7, 11) is 1.49. The molecule has 0 aliphatic heterocycles. The molecule has 2 aromatic carbocycles. The van der Waals surface area contributed by atoms with E-state index in [2.05, 4.69) is 26.6 Å². The van der Waals surface area contributed by atoms with Gasteiger partial charge in [-0.2, -0.15) is 0 Å². The second kappa shape index (κ2) is 26.3. The second-order valence-electron chi connectivity index (χ2n) is 12.3. The van der Waals surface area contributed by atoms with Crippen molar-refractivity contribution in [3.63, 3.8) is 0 Å². The summed E-state index contributed by atoms with van der Waals surface area (Å²) in [5.74, 6) is -4.49. The summed E-state index contributed by atoms with van der Waals surface area (Å²) < 4.78 is 1.27. The van der Waals surface area contributed by atoms with E-state index in [9.17, 15) is 64.5 Å². The van der Waals surface area contributed by atoms with Gasteiger partial charge in [0.25, 0.3) is 29.5 Å². The van der Waals surface area contributed by atoms with Crippen LogP contribution in [0.3, 0.4) is 0 Å². The van der Waals surface area contributed by atoms with Crippen LogP contribution >= 0.6 is 136 Å². The number of anilines is 2. The Bertz CT molecular complexity index is 1910. The number of aliphatic hydroxyl groups excluding tert-OH is 8. The zero-order valence-electron chi connectivity index (χ0n) is 30.6. The quantitative estimate of drug-likeness (QED) is 0.0382. The number of carbonyl (C=O) groups excluding carboxylic acids is 6. The number of hydrogen-bond acceptors (Lipinski definition) is 15. The lowest BCUT2D eigenvalue weighted by molar-refractivity contribution is -0.126. The van der Waals surface area contributed by atoms with Crippen LogP contribution in [0.5, 0.6) is 0 Å². The van der Waals surface area contributed by atoms with E-state index < -0.39 is 86.2 Å². The third kappa shape index (κ3) is 14.8. The maximum atomic E-state index is 13.9. The Morgan fingerprint density at radius 1 is 0.576 bits per heavy atom. The van der Waals surface area contributed by atoms with Gasteiger partial charge in [-0.3, -0.25) is 28.8 Å². The molecule has 0 spiro atoms. The number of carbonyl (C=O) groups is 6. The predicted molar refractivity (Wildman–Crippen MR) is 262 cm³/mol. The summed E-state index contributed by atoms with van der Waals surface area (Å²) in [5, 5.41) is 89.1. The highest BCUT2D eigenvalue weighted by Crippen LogP contribution is 2.38. The molecule has 328 valence electrons. The average molecular weight is 1510 g/mol. The number of benzene rings is 2. The van der Waals surface area contributed by atoms with E-state index in [4.69, 9.17) is 5.11 Å². The first kappa shape index (κ1) is 54.6. The molecule has 0 heterocycles. The first-order valence-corrected chi connectivity index (χ1v) is 23.4. The Hall–Kier alpha value is -0.520. The molecule has 0 fully saturated rings. The lowest BCUT2D eigenvalue weighted by atomic mass is 10.0. The van der Waals surface area contributed by atoms with Crippen LogP contribution in [0.1, 0.15) is 47.9 Å². The van der Waals surface area contributed by atoms with Crippen LogP contribution in [0.2, 0.25) is 0 Å². The van der Waals surface area contributed by atoms with Gasteiger partial charge >= 0.3 is 0 Å². The maximum Gasteiger partial charge on any atom is 0.255 e. The Morgan fingerprint density at radius 3 is 1.37 bits per heavy atom. The molecule has 0 aromatic heterocycles. The SMILES string of the molecule is CN(CCCNCC(=O)c1c(I)c(NC(=O)C(O)CO)c(I)c(C(=O)NCC(O)CO)c1I)C(=O)c1c(I)c(NC(=O)C(O)CO)c(I)c(C(=O)NCC(O)CO)c1I. The summed E-state index contributed by atoms with van der Waals surface area (Å²) in [5.41, 5.74) is 0.0704. The highest BCUT2D eigenvalue weighted by atomic mass is 127. The van der Waals surface area contributed by atoms with E-state index >= 15 is 0 Å². The van der Waals surface area contributed by atoms with E-state index in [1.54, 1.807) is 45.2 Å². The van der Waals surface area contributed by atoms with Crippen LogP contribution in [-0.4, -0.2) is 172 Å². The van der Waals surface area contributed by atoms with Crippen molar-refractivity contribution in [3.05, 3.63) is 43.7 Å². The van der Waals surface area contributed by atoms with Gasteiger partial charge in [0, 0.05) is 43.0 Å². The zero-order valence-corrected chi connectivity index (χ0v) is 43.6. The molecule has 5 amide bonds. The standard InChI is InChI=1S/C33H40I6N6O14/c1-45(33(59)20-22(35)19(32(58)42-6-13(51)9-47)25(38)28(26(20)39)44-30(56)16(54)11-49)4-2-3-40-7-14(52)17-21(34)18(31(57)41-5-12(50)8-46)24(37)27(23(17)36)43-29(55)15(53)10-48/h12-13,15-16,40,46-51,53-54H,2-11H2,1H3,(H,41,57)(H,42,58)(H,43,55)(H,44,56). The molecule has 2 rings (SSSR count). The fourth-order valence-corrected chi connectivity index (χ4v) is 13.6. The summed E-state index contributed by atoms with van der Waals surface area (Å²) in [6.45, 7) is -3.61. The van der Waals surface area contributed by atoms with Gasteiger partial charge in [0.1, 0.15) is 0 Å². The first-order valence-electron chi connectivity index (χ1n) is 16.9. The van der Waals surface area contributed by atoms with Crippen LogP contribution in [0.25, 0.3) is 0 Å². The van der Waals surface area contributed by atoms with Crippen LogP contribution in [-0.2, 0) is 9.59 Å². The highest BCUT2D eigenvalue weighted by Gasteiger charge is 2.32. The third-order valence-electron chi connectivity index (χ3n) is 7.93. The normalized spacial score (nSPS) is 13.2. The number of halogens is 6. The van der Waals surface area contributed by atoms with E-state index in [0.29, 0.717) is 6.42 Å². The monoisotopic (exact) mass is 1510 g/mol. The summed E-state index contributed by atoms with van der Waals surface area (Å²) >= 11 is 10.9. The van der Waals surface area contributed by atoms with E-state index in [1.807, 2.05) is 90.4 Å². The number of hydrogen-bond donors (Lipinski definition) is 13. The Morgan fingerprint density at radius 2 is 0.966 bits per heavy atom. The fraction of sp³-hybridized carbons (Fsp3) is 0.455. The van der Waals surface area contributed by atoms with Crippen molar-refractivity contribution in [1.29, 1.82) is 0 Å². The number of rotatable bonds is 22. The largest absolute Gasteiger partial charge is 0.394 e. The van der Waals surface area contributed by atoms with Gasteiger partial charge in [-0.25, -0.2) is 0 Å². The topological polar surface area (TPSA) is 328 Å². The fourth-order valence-electron chi connectivity index (χ4n) is 4.71. The lowest BCUT2D eigenvalue weighted by Crippen LogP contribution is -2.37. The van der Waals surface area contributed by atoms with E-state index in [1.165, 1.54) is 11.9 Å². The third-order valence-corrected chi connectivity index (χ3v) is 14.4. The molecule has 4 atom stereocenters. The summed E-state index contributed by atoms with van der Waals surface area (Å²) in [6.07, 6.45) is -5.83. The maximum absolute atomic E-state index is 13.9. The molecule has 59 heavy (non-hydrogen) atoms. The molecule has 0 aliphatic carbocycles. The molecular formula is C33H40I6N6O14. The minimum Gasteiger partial charge on any atom is -0.394 e. The van der Waals surface area contributed by atoms with Crippen molar-refractivity contribution >= 4 is 182 Å². The number of Topliss-reactive ketones (excluding diaryl/α,β-unsaturated/α-hetero) is 1. The van der Waals surface area contributed by atoms with Gasteiger partial charge in [0.05, 0.1) is 84.0 Å². The summed E-state index contributed by atoms with van der Waals surface area (Å²) in [4.78, 5) is 80.7. The van der Waals surface area contributed by atoms with Crippen LogP contribution in [0.4, 0.5) is 11.4 Å². The first-order chi connectivity index (χ1) is 27.7. The molecule has 2 aromatic rings. The second-order valence-corrected chi connectivity index (χ2v) is 18.8. The van der Waals surface area contributed by atoms with Gasteiger partial charge < -0.3 is 72.3 Å². The van der Waals surface area contributed by atoms with Crippen LogP contribution in [0.15, 0.2) is 0 Å². The molecule has 0 radical (unpaired) electrons. The predicted octanol–water partition coefficient (Wildman–Crippen LogP) is -1.00.